The summed E-state index contributed by atoms with van der Waals surface area (Å²) in [4.78, 5) is 20.4. The first-order valence-corrected chi connectivity index (χ1v) is 8.19. The number of nitrogens with zero attached hydrogens (tertiary/aromatic N) is 2. The van der Waals surface area contributed by atoms with E-state index in [1.54, 1.807) is 6.20 Å². The number of rotatable bonds is 8. The molecule has 0 atom stereocenters. The van der Waals surface area contributed by atoms with Gasteiger partial charge in [-0.15, -0.1) is 0 Å². The first-order valence-electron chi connectivity index (χ1n) is 8.19. The molecular weight excluding hydrogens is 304 g/mol. The van der Waals surface area contributed by atoms with Gasteiger partial charge in [-0.05, 0) is 31.4 Å². The standard InChI is InChI=1S/C18H24N4O2/c1-4-24-16-8-6-5-7-14(16)22-17-12-20-15(11-21-17)18(23)19-10-9-13(2)3/h5-8,11-13H,4,9-10H2,1-3H3,(H,19,23)(H,21,22). The minimum absolute atomic E-state index is 0.204. The Hall–Kier alpha value is -2.63. The van der Waals surface area contributed by atoms with E-state index in [-0.39, 0.29) is 5.91 Å². The number of amides is 1. The van der Waals surface area contributed by atoms with E-state index in [1.807, 2.05) is 31.2 Å². The first-order chi connectivity index (χ1) is 11.6. The van der Waals surface area contributed by atoms with Crippen molar-refractivity contribution in [3.05, 3.63) is 42.4 Å². The Bertz CT molecular complexity index is 656. The summed E-state index contributed by atoms with van der Waals surface area (Å²) in [7, 11) is 0. The summed E-state index contributed by atoms with van der Waals surface area (Å²) in [6.07, 6.45) is 3.95. The van der Waals surface area contributed by atoms with Crippen LogP contribution < -0.4 is 15.4 Å². The molecule has 6 heteroatoms. The van der Waals surface area contributed by atoms with Crippen molar-refractivity contribution in [1.82, 2.24) is 15.3 Å². The van der Waals surface area contributed by atoms with Gasteiger partial charge in [-0.2, -0.15) is 0 Å². The number of hydrogen-bond acceptors (Lipinski definition) is 5. The van der Waals surface area contributed by atoms with Gasteiger partial charge in [0, 0.05) is 6.54 Å². The number of hydrogen-bond donors (Lipinski definition) is 2. The zero-order chi connectivity index (χ0) is 17.4. The predicted molar refractivity (Wildman–Crippen MR) is 94.7 cm³/mol. The zero-order valence-corrected chi connectivity index (χ0v) is 14.4. The summed E-state index contributed by atoms with van der Waals surface area (Å²) >= 11 is 0. The Morgan fingerprint density at radius 3 is 2.67 bits per heavy atom. The van der Waals surface area contributed by atoms with Crippen molar-refractivity contribution >= 4 is 17.4 Å². The Kier molecular flexibility index (Phi) is 6.54. The molecule has 0 fully saturated rings. The van der Waals surface area contributed by atoms with Crippen molar-refractivity contribution in [2.24, 2.45) is 5.92 Å². The van der Waals surface area contributed by atoms with Crippen LogP contribution in [-0.4, -0.2) is 29.0 Å². The third kappa shape index (κ3) is 5.22. The van der Waals surface area contributed by atoms with Crippen molar-refractivity contribution in [3.8, 4) is 5.75 Å². The molecule has 0 aliphatic carbocycles. The van der Waals surface area contributed by atoms with Gasteiger partial charge in [0.05, 0.1) is 24.7 Å². The van der Waals surface area contributed by atoms with Crippen LogP contribution in [0.2, 0.25) is 0 Å². The fourth-order valence-electron chi connectivity index (χ4n) is 2.06. The quantitative estimate of drug-likeness (QED) is 0.777. The third-order valence-electron chi connectivity index (χ3n) is 3.34. The molecule has 0 spiro atoms. The maximum absolute atomic E-state index is 12.0. The van der Waals surface area contributed by atoms with Crippen LogP contribution >= 0.6 is 0 Å². The predicted octanol–water partition coefficient (Wildman–Crippen LogP) is 3.39. The minimum atomic E-state index is -0.204. The van der Waals surface area contributed by atoms with Crippen molar-refractivity contribution in [2.75, 3.05) is 18.5 Å². The minimum Gasteiger partial charge on any atom is -0.492 e. The maximum Gasteiger partial charge on any atom is 0.271 e. The van der Waals surface area contributed by atoms with E-state index >= 15 is 0 Å². The van der Waals surface area contributed by atoms with Gasteiger partial charge in [-0.1, -0.05) is 26.0 Å². The summed E-state index contributed by atoms with van der Waals surface area (Å²) < 4.78 is 5.56. The Balaban J connectivity index is 1.98. The molecule has 1 aromatic heterocycles. The van der Waals surface area contributed by atoms with E-state index in [0.29, 0.717) is 30.6 Å². The number of carbonyl (C=O) groups excluding carboxylic acids is 1. The highest BCUT2D eigenvalue weighted by Crippen LogP contribution is 2.26. The topological polar surface area (TPSA) is 76.1 Å². The summed E-state index contributed by atoms with van der Waals surface area (Å²) in [6.45, 7) is 7.39. The molecule has 1 amide bonds. The second kappa shape index (κ2) is 8.86. The van der Waals surface area contributed by atoms with Gasteiger partial charge < -0.3 is 15.4 Å². The van der Waals surface area contributed by atoms with E-state index < -0.39 is 0 Å². The van der Waals surface area contributed by atoms with E-state index in [2.05, 4.69) is 34.4 Å². The number of nitrogens with one attached hydrogen (secondary N) is 2. The van der Waals surface area contributed by atoms with Crippen LogP contribution in [0.3, 0.4) is 0 Å². The zero-order valence-electron chi connectivity index (χ0n) is 14.4. The number of anilines is 2. The lowest BCUT2D eigenvalue weighted by molar-refractivity contribution is 0.0946. The molecule has 0 saturated carbocycles. The number of aromatic nitrogens is 2. The Labute approximate surface area is 142 Å². The van der Waals surface area contributed by atoms with Crippen molar-refractivity contribution in [2.45, 2.75) is 27.2 Å². The average molecular weight is 328 g/mol. The van der Waals surface area contributed by atoms with E-state index in [9.17, 15) is 4.79 Å². The monoisotopic (exact) mass is 328 g/mol. The molecule has 1 heterocycles. The SMILES string of the molecule is CCOc1ccccc1Nc1cnc(C(=O)NCCC(C)C)cn1. The molecule has 0 radical (unpaired) electrons. The van der Waals surface area contributed by atoms with Crippen molar-refractivity contribution < 1.29 is 9.53 Å². The van der Waals surface area contributed by atoms with Gasteiger partial charge in [0.25, 0.3) is 5.91 Å². The molecule has 0 bridgehead atoms. The van der Waals surface area contributed by atoms with Crippen LogP contribution in [0.1, 0.15) is 37.7 Å². The smallest absolute Gasteiger partial charge is 0.271 e. The highest BCUT2D eigenvalue weighted by Gasteiger charge is 2.09. The van der Waals surface area contributed by atoms with Crippen LogP contribution in [0.15, 0.2) is 36.7 Å². The van der Waals surface area contributed by atoms with Crippen LogP contribution in [-0.2, 0) is 0 Å². The number of carbonyl (C=O) groups is 1. The van der Waals surface area contributed by atoms with Gasteiger partial charge >= 0.3 is 0 Å². The lowest BCUT2D eigenvalue weighted by atomic mass is 10.1. The summed E-state index contributed by atoms with van der Waals surface area (Å²) in [6, 6.07) is 7.61. The molecular formula is C18H24N4O2. The van der Waals surface area contributed by atoms with Gasteiger partial charge in [0.15, 0.2) is 0 Å². The Morgan fingerprint density at radius 1 is 1.21 bits per heavy atom. The molecule has 2 rings (SSSR count). The van der Waals surface area contributed by atoms with Gasteiger partial charge in [0.2, 0.25) is 0 Å². The highest BCUT2D eigenvalue weighted by molar-refractivity contribution is 5.92. The number of para-hydroxylation sites is 2. The van der Waals surface area contributed by atoms with E-state index in [0.717, 1.165) is 17.9 Å². The van der Waals surface area contributed by atoms with Gasteiger partial charge in [-0.3, -0.25) is 4.79 Å². The van der Waals surface area contributed by atoms with Crippen LogP contribution in [0.5, 0.6) is 5.75 Å². The van der Waals surface area contributed by atoms with E-state index in [4.69, 9.17) is 4.74 Å². The van der Waals surface area contributed by atoms with Crippen LogP contribution in [0.4, 0.5) is 11.5 Å². The highest BCUT2D eigenvalue weighted by atomic mass is 16.5. The largest absolute Gasteiger partial charge is 0.492 e. The summed E-state index contributed by atoms with van der Waals surface area (Å²) in [5.41, 5.74) is 1.12. The fourth-order valence-corrected chi connectivity index (χ4v) is 2.06. The third-order valence-corrected chi connectivity index (χ3v) is 3.34. The Morgan fingerprint density at radius 2 is 2.00 bits per heavy atom. The summed E-state index contributed by atoms with van der Waals surface area (Å²) in [5, 5.41) is 5.99. The molecule has 2 N–H and O–H groups in total. The summed E-state index contributed by atoms with van der Waals surface area (Å²) in [5.74, 6) is 1.65. The first kappa shape index (κ1) is 17.7. The molecule has 0 aliphatic heterocycles. The maximum atomic E-state index is 12.0. The van der Waals surface area contributed by atoms with Crippen LogP contribution in [0.25, 0.3) is 0 Å². The van der Waals surface area contributed by atoms with Gasteiger partial charge in [-0.25, -0.2) is 9.97 Å². The number of benzene rings is 1. The molecule has 0 unspecified atom stereocenters. The molecule has 2 aromatic rings. The molecule has 1 aromatic carbocycles. The average Bonchev–Trinajstić information content (AvgIpc) is 2.57. The molecule has 6 nitrogen and oxygen atoms in total. The molecule has 128 valence electrons. The molecule has 0 aliphatic rings. The lowest BCUT2D eigenvalue weighted by Crippen LogP contribution is -2.26. The fraction of sp³-hybridized carbons (Fsp3) is 0.389. The van der Waals surface area contributed by atoms with Crippen LogP contribution in [0, 0.1) is 5.92 Å². The van der Waals surface area contributed by atoms with E-state index in [1.165, 1.54) is 6.20 Å². The normalized spacial score (nSPS) is 10.5. The van der Waals surface area contributed by atoms with Crippen molar-refractivity contribution in [3.63, 3.8) is 0 Å². The second-order valence-corrected chi connectivity index (χ2v) is 5.78. The van der Waals surface area contributed by atoms with Gasteiger partial charge in [0.1, 0.15) is 17.3 Å². The molecule has 24 heavy (non-hydrogen) atoms. The van der Waals surface area contributed by atoms with Crippen molar-refractivity contribution in [1.29, 1.82) is 0 Å². The molecule has 0 saturated heterocycles. The second-order valence-electron chi connectivity index (χ2n) is 5.78. The lowest BCUT2D eigenvalue weighted by Gasteiger charge is -2.11. The number of ether oxygens (including phenoxy) is 1.